The second-order valence-electron chi connectivity index (χ2n) is 5.16. The highest BCUT2D eigenvalue weighted by Gasteiger charge is 2.53. The van der Waals surface area contributed by atoms with Crippen LogP contribution >= 0.6 is 11.3 Å². The monoisotopic (exact) mass is 266 g/mol. The minimum Gasteiger partial charge on any atom is -0.476 e. The van der Waals surface area contributed by atoms with Gasteiger partial charge in [-0.25, -0.2) is 9.78 Å². The molecule has 0 spiro atoms. The summed E-state index contributed by atoms with van der Waals surface area (Å²) in [6.07, 6.45) is 4.99. The Balaban J connectivity index is 1.59. The summed E-state index contributed by atoms with van der Waals surface area (Å²) >= 11 is 1.08. The fourth-order valence-electron chi connectivity index (χ4n) is 2.39. The first-order chi connectivity index (χ1) is 8.61. The number of hydrogen-bond donors (Lipinski definition) is 2. The van der Waals surface area contributed by atoms with Crippen LogP contribution in [-0.4, -0.2) is 28.5 Å². The fourth-order valence-corrected chi connectivity index (χ4v) is 3.10. The zero-order valence-corrected chi connectivity index (χ0v) is 10.6. The Morgan fingerprint density at radius 1 is 1.50 bits per heavy atom. The van der Waals surface area contributed by atoms with Crippen LogP contribution in [0.4, 0.5) is 0 Å². The maximum absolute atomic E-state index is 11.8. The summed E-state index contributed by atoms with van der Waals surface area (Å²) in [5.41, 5.74) is 0.288. The molecule has 96 valence electrons. The van der Waals surface area contributed by atoms with E-state index in [1.54, 1.807) is 0 Å². The minimum atomic E-state index is -1.10. The lowest BCUT2D eigenvalue weighted by molar-refractivity contribution is 0.0691. The molecular formula is C12H14N2O3S. The van der Waals surface area contributed by atoms with E-state index in [1.807, 2.05) is 0 Å². The summed E-state index contributed by atoms with van der Waals surface area (Å²) in [5, 5.41) is 13.3. The topological polar surface area (TPSA) is 79.3 Å². The molecule has 0 unspecified atom stereocenters. The van der Waals surface area contributed by atoms with Crippen molar-refractivity contribution in [2.75, 3.05) is 6.54 Å². The van der Waals surface area contributed by atoms with Crippen molar-refractivity contribution in [1.82, 2.24) is 10.3 Å². The average molecular weight is 266 g/mol. The Labute approximate surface area is 108 Å². The van der Waals surface area contributed by atoms with Crippen LogP contribution in [0.3, 0.4) is 0 Å². The Morgan fingerprint density at radius 2 is 2.22 bits per heavy atom. The molecule has 1 heterocycles. The normalized spacial score (nSPS) is 20.4. The van der Waals surface area contributed by atoms with Crippen LogP contribution in [0.15, 0.2) is 5.38 Å². The van der Waals surface area contributed by atoms with E-state index in [2.05, 4.69) is 10.3 Å². The van der Waals surface area contributed by atoms with Crippen LogP contribution in [0, 0.1) is 11.3 Å². The van der Waals surface area contributed by atoms with Gasteiger partial charge in [0, 0.05) is 11.9 Å². The molecule has 5 nitrogen and oxygen atoms in total. The third kappa shape index (κ3) is 2.12. The van der Waals surface area contributed by atoms with Gasteiger partial charge in [-0.3, -0.25) is 4.79 Å². The lowest BCUT2D eigenvalue weighted by Gasteiger charge is -2.13. The van der Waals surface area contributed by atoms with Gasteiger partial charge in [-0.1, -0.05) is 0 Å². The largest absolute Gasteiger partial charge is 0.476 e. The van der Waals surface area contributed by atoms with Gasteiger partial charge in [0.15, 0.2) is 10.7 Å². The van der Waals surface area contributed by atoms with Crippen molar-refractivity contribution in [2.45, 2.75) is 25.7 Å². The van der Waals surface area contributed by atoms with Crippen LogP contribution in [0.1, 0.15) is 46.0 Å². The van der Waals surface area contributed by atoms with E-state index in [4.69, 9.17) is 5.11 Å². The number of hydrogen-bond acceptors (Lipinski definition) is 4. The number of nitrogens with zero attached hydrogens (tertiary/aromatic N) is 1. The number of carboxylic acids is 1. The molecule has 1 aromatic rings. The third-order valence-electron chi connectivity index (χ3n) is 3.85. The van der Waals surface area contributed by atoms with Crippen LogP contribution in [0.2, 0.25) is 0 Å². The first kappa shape index (κ1) is 11.6. The highest BCUT2D eigenvalue weighted by atomic mass is 32.1. The van der Waals surface area contributed by atoms with Gasteiger partial charge in [0.25, 0.3) is 5.91 Å². The molecule has 2 fully saturated rings. The summed E-state index contributed by atoms with van der Waals surface area (Å²) in [6, 6.07) is 0. The molecule has 1 aromatic heterocycles. The Hall–Kier alpha value is -1.43. The first-order valence-corrected chi connectivity index (χ1v) is 6.96. The summed E-state index contributed by atoms with van der Waals surface area (Å²) in [7, 11) is 0. The van der Waals surface area contributed by atoms with Crippen molar-refractivity contribution in [3.8, 4) is 0 Å². The van der Waals surface area contributed by atoms with Gasteiger partial charge in [0.05, 0.1) is 0 Å². The Kier molecular flexibility index (Phi) is 2.62. The highest BCUT2D eigenvalue weighted by Crippen LogP contribution is 2.60. The number of nitrogens with one attached hydrogen (secondary N) is 1. The molecule has 6 heteroatoms. The molecular weight excluding hydrogens is 252 g/mol. The number of aromatic nitrogens is 1. The van der Waals surface area contributed by atoms with Gasteiger partial charge in [-0.15, -0.1) is 11.3 Å². The quantitative estimate of drug-likeness (QED) is 0.851. The van der Waals surface area contributed by atoms with Gasteiger partial charge in [-0.2, -0.15) is 0 Å². The molecule has 2 aliphatic carbocycles. The second kappa shape index (κ2) is 4.05. The van der Waals surface area contributed by atoms with Crippen molar-refractivity contribution in [1.29, 1.82) is 0 Å². The molecule has 0 aliphatic heterocycles. The van der Waals surface area contributed by atoms with Gasteiger partial charge >= 0.3 is 5.97 Å². The highest BCUT2D eigenvalue weighted by molar-refractivity contribution is 7.11. The summed E-state index contributed by atoms with van der Waals surface area (Å²) in [4.78, 5) is 26.3. The Bertz CT molecular complexity index is 503. The third-order valence-corrected chi connectivity index (χ3v) is 4.70. The number of thiazole rings is 1. The molecule has 0 atom stereocenters. The van der Waals surface area contributed by atoms with E-state index in [9.17, 15) is 9.59 Å². The minimum absolute atomic E-state index is 0.0616. The van der Waals surface area contributed by atoms with Crippen LogP contribution in [-0.2, 0) is 0 Å². The molecule has 2 aliphatic rings. The van der Waals surface area contributed by atoms with Crippen molar-refractivity contribution in [2.24, 2.45) is 11.3 Å². The standard InChI is InChI=1S/C12H14N2O3S/c15-9(10-14-8(5-18-10)11(16)17)13-6-12(3-4-12)7-1-2-7/h5,7H,1-4,6H2,(H,13,15)(H,16,17). The molecule has 0 saturated heterocycles. The van der Waals surface area contributed by atoms with Crippen LogP contribution in [0.25, 0.3) is 0 Å². The molecule has 0 aromatic carbocycles. The number of carbonyl (C=O) groups is 2. The van der Waals surface area contributed by atoms with E-state index in [0.717, 1.165) is 17.3 Å². The molecule has 0 bridgehead atoms. The second-order valence-corrected chi connectivity index (χ2v) is 6.02. The smallest absolute Gasteiger partial charge is 0.355 e. The van der Waals surface area contributed by atoms with Gasteiger partial charge in [0.1, 0.15) is 0 Å². The number of rotatable bonds is 5. The van der Waals surface area contributed by atoms with E-state index in [1.165, 1.54) is 31.1 Å². The average Bonchev–Trinajstić information content (AvgIpc) is 3.23. The van der Waals surface area contributed by atoms with Crippen molar-refractivity contribution in [3.05, 3.63) is 16.1 Å². The molecule has 3 rings (SSSR count). The zero-order chi connectivity index (χ0) is 12.8. The van der Waals surface area contributed by atoms with E-state index in [0.29, 0.717) is 12.0 Å². The molecule has 2 saturated carbocycles. The van der Waals surface area contributed by atoms with Crippen LogP contribution in [0.5, 0.6) is 0 Å². The van der Waals surface area contributed by atoms with E-state index < -0.39 is 5.97 Å². The lowest BCUT2D eigenvalue weighted by atomic mass is 10.0. The number of aromatic carboxylic acids is 1. The Morgan fingerprint density at radius 3 is 2.72 bits per heavy atom. The predicted molar refractivity (Wildman–Crippen MR) is 65.8 cm³/mol. The van der Waals surface area contributed by atoms with E-state index in [-0.39, 0.29) is 16.6 Å². The summed E-state index contributed by atoms with van der Waals surface area (Å²) in [6.45, 7) is 0.707. The molecule has 0 radical (unpaired) electrons. The maximum Gasteiger partial charge on any atom is 0.355 e. The van der Waals surface area contributed by atoms with Crippen molar-refractivity contribution >= 4 is 23.2 Å². The predicted octanol–water partition coefficient (Wildman–Crippen LogP) is 1.76. The van der Waals surface area contributed by atoms with Crippen molar-refractivity contribution < 1.29 is 14.7 Å². The summed E-state index contributed by atoms with van der Waals surface area (Å²) < 4.78 is 0. The number of carboxylic acid groups (broad SMARTS) is 1. The van der Waals surface area contributed by atoms with Gasteiger partial charge < -0.3 is 10.4 Å². The van der Waals surface area contributed by atoms with E-state index >= 15 is 0 Å². The molecule has 2 N–H and O–H groups in total. The first-order valence-electron chi connectivity index (χ1n) is 6.08. The summed E-state index contributed by atoms with van der Waals surface area (Å²) in [5.74, 6) is -0.551. The number of carbonyl (C=O) groups excluding carboxylic acids is 1. The maximum atomic E-state index is 11.8. The molecule has 1 amide bonds. The number of amides is 1. The van der Waals surface area contributed by atoms with Gasteiger partial charge in [0.2, 0.25) is 0 Å². The zero-order valence-electron chi connectivity index (χ0n) is 9.81. The molecule has 18 heavy (non-hydrogen) atoms. The SMILES string of the molecule is O=C(O)c1csc(C(=O)NCC2(C3CC3)CC2)n1. The van der Waals surface area contributed by atoms with Gasteiger partial charge in [-0.05, 0) is 37.0 Å². The lowest BCUT2D eigenvalue weighted by Crippen LogP contribution is -2.31. The van der Waals surface area contributed by atoms with Crippen molar-refractivity contribution in [3.63, 3.8) is 0 Å². The van der Waals surface area contributed by atoms with Crippen LogP contribution < -0.4 is 5.32 Å². The fraction of sp³-hybridized carbons (Fsp3) is 0.583.